The first-order chi connectivity index (χ1) is 7.39. The Morgan fingerprint density at radius 2 is 1.94 bits per heavy atom. The fraction of sp³-hybridized carbons (Fsp3) is 0.385. The second-order valence-electron chi connectivity index (χ2n) is 5.14. The first-order valence-corrected chi connectivity index (χ1v) is 5.35. The molecule has 1 heterocycles. The van der Waals surface area contributed by atoms with Crippen molar-refractivity contribution in [2.45, 2.75) is 26.2 Å². The van der Waals surface area contributed by atoms with Gasteiger partial charge in [0.1, 0.15) is 0 Å². The SMILES string of the molecule is Cn1cnc2cc(C(C)(C)C)ccc2c1=O. The zero-order valence-corrected chi connectivity index (χ0v) is 10.1. The van der Waals surface area contributed by atoms with Crippen molar-refractivity contribution in [1.29, 1.82) is 0 Å². The highest BCUT2D eigenvalue weighted by atomic mass is 16.1. The minimum Gasteiger partial charge on any atom is -0.302 e. The molecule has 1 aromatic carbocycles. The summed E-state index contributed by atoms with van der Waals surface area (Å²) in [6.07, 6.45) is 1.57. The summed E-state index contributed by atoms with van der Waals surface area (Å²) >= 11 is 0. The van der Waals surface area contributed by atoms with E-state index in [1.54, 1.807) is 13.4 Å². The molecule has 0 spiro atoms. The third-order valence-corrected chi connectivity index (χ3v) is 2.78. The number of hydrogen-bond donors (Lipinski definition) is 0. The Balaban J connectivity index is 2.75. The van der Waals surface area contributed by atoms with Crippen LogP contribution in [0.2, 0.25) is 0 Å². The Morgan fingerprint density at radius 3 is 2.56 bits per heavy atom. The maximum Gasteiger partial charge on any atom is 0.260 e. The number of rotatable bonds is 0. The largest absolute Gasteiger partial charge is 0.302 e. The third kappa shape index (κ3) is 1.73. The Bertz CT molecular complexity index is 591. The Labute approximate surface area is 94.7 Å². The summed E-state index contributed by atoms with van der Waals surface area (Å²) in [6.45, 7) is 6.44. The van der Waals surface area contributed by atoms with Crippen LogP contribution < -0.4 is 5.56 Å². The van der Waals surface area contributed by atoms with Gasteiger partial charge in [-0.05, 0) is 23.1 Å². The minimum absolute atomic E-state index is 0.00505. The van der Waals surface area contributed by atoms with E-state index in [-0.39, 0.29) is 11.0 Å². The summed E-state index contributed by atoms with van der Waals surface area (Å²) in [5.74, 6) is 0. The van der Waals surface area contributed by atoms with Gasteiger partial charge in [0, 0.05) is 7.05 Å². The average molecular weight is 216 g/mol. The van der Waals surface area contributed by atoms with E-state index in [0.29, 0.717) is 5.39 Å². The lowest BCUT2D eigenvalue weighted by Gasteiger charge is -2.19. The van der Waals surface area contributed by atoms with Crippen molar-refractivity contribution in [1.82, 2.24) is 9.55 Å². The zero-order valence-electron chi connectivity index (χ0n) is 10.1. The van der Waals surface area contributed by atoms with Gasteiger partial charge in [-0.25, -0.2) is 4.98 Å². The molecule has 0 aliphatic carbocycles. The molecule has 0 unspecified atom stereocenters. The third-order valence-electron chi connectivity index (χ3n) is 2.78. The Hall–Kier alpha value is -1.64. The van der Waals surface area contributed by atoms with Crippen molar-refractivity contribution in [3.8, 4) is 0 Å². The van der Waals surface area contributed by atoms with Crippen molar-refractivity contribution in [3.05, 3.63) is 40.4 Å². The van der Waals surface area contributed by atoms with Gasteiger partial charge in [0.25, 0.3) is 5.56 Å². The molecule has 16 heavy (non-hydrogen) atoms. The highest BCUT2D eigenvalue weighted by Crippen LogP contribution is 2.23. The molecular formula is C13H16N2O. The predicted octanol–water partition coefficient (Wildman–Crippen LogP) is 2.23. The molecule has 0 bridgehead atoms. The van der Waals surface area contributed by atoms with Crippen LogP contribution in [0.5, 0.6) is 0 Å². The highest BCUT2D eigenvalue weighted by Gasteiger charge is 2.14. The molecule has 2 aromatic rings. The van der Waals surface area contributed by atoms with E-state index in [2.05, 4.69) is 25.8 Å². The summed E-state index contributed by atoms with van der Waals surface area (Å²) in [6, 6.07) is 5.87. The number of hydrogen-bond acceptors (Lipinski definition) is 2. The molecule has 0 aliphatic rings. The standard InChI is InChI=1S/C13H16N2O/c1-13(2,3)9-5-6-10-11(7-9)14-8-15(4)12(10)16/h5-8H,1-4H3. The average Bonchev–Trinajstić information content (AvgIpc) is 2.22. The van der Waals surface area contributed by atoms with Gasteiger partial charge in [0.2, 0.25) is 0 Å². The lowest BCUT2D eigenvalue weighted by Crippen LogP contribution is -2.18. The highest BCUT2D eigenvalue weighted by molar-refractivity contribution is 5.78. The van der Waals surface area contributed by atoms with Crippen LogP contribution in [0, 0.1) is 0 Å². The van der Waals surface area contributed by atoms with Crippen LogP contribution in [0.4, 0.5) is 0 Å². The van der Waals surface area contributed by atoms with Gasteiger partial charge in [-0.3, -0.25) is 4.79 Å². The van der Waals surface area contributed by atoms with Gasteiger partial charge in [0.15, 0.2) is 0 Å². The van der Waals surface area contributed by atoms with Gasteiger partial charge < -0.3 is 4.57 Å². The second kappa shape index (κ2) is 3.44. The predicted molar refractivity (Wildman–Crippen MR) is 65.7 cm³/mol. The molecule has 0 saturated heterocycles. The lowest BCUT2D eigenvalue weighted by molar-refractivity contribution is 0.591. The van der Waals surface area contributed by atoms with E-state index in [1.807, 2.05) is 18.2 Å². The summed E-state index contributed by atoms with van der Waals surface area (Å²) in [5.41, 5.74) is 2.05. The first-order valence-electron chi connectivity index (χ1n) is 5.35. The van der Waals surface area contributed by atoms with Crippen LogP contribution in [-0.4, -0.2) is 9.55 Å². The fourth-order valence-electron chi connectivity index (χ4n) is 1.68. The molecule has 0 saturated carbocycles. The number of aromatic nitrogens is 2. The van der Waals surface area contributed by atoms with Crippen molar-refractivity contribution in [3.63, 3.8) is 0 Å². The Kier molecular flexibility index (Phi) is 2.34. The Morgan fingerprint density at radius 1 is 1.25 bits per heavy atom. The topological polar surface area (TPSA) is 34.9 Å². The van der Waals surface area contributed by atoms with Crippen molar-refractivity contribution in [2.75, 3.05) is 0 Å². The van der Waals surface area contributed by atoms with E-state index < -0.39 is 0 Å². The molecular weight excluding hydrogens is 200 g/mol. The number of benzene rings is 1. The molecule has 0 N–H and O–H groups in total. The maximum atomic E-state index is 11.8. The molecule has 0 amide bonds. The lowest BCUT2D eigenvalue weighted by atomic mass is 9.86. The van der Waals surface area contributed by atoms with Crippen LogP contribution in [0.15, 0.2) is 29.3 Å². The van der Waals surface area contributed by atoms with Crippen LogP contribution in [-0.2, 0) is 12.5 Å². The van der Waals surface area contributed by atoms with Gasteiger partial charge >= 0.3 is 0 Å². The molecule has 3 heteroatoms. The number of fused-ring (bicyclic) bond motifs is 1. The maximum absolute atomic E-state index is 11.8. The normalized spacial score (nSPS) is 12.0. The zero-order chi connectivity index (χ0) is 11.9. The fourth-order valence-corrected chi connectivity index (χ4v) is 1.68. The molecule has 2 rings (SSSR count). The van der Waals surface area contributed by atoms with E-state index >= 15 is 0 Å². The molecule has 84 valence electrons. The quantitative estimate of drug-likeness (QED) is 0.677. The monoisotopic (exact) mass is 216 g/mol. The molecule has 0 aliphatic heterocycles. The van der Waals surface area contributed by atoms with E-state index in [1.165, 1.54) is 10.1 Å². The summed E-state index contributed by atoms with van der Waals surface area (Å²) in [5, 5.41) is 0.679. The van der Waals surface area contributed by atoms with Crippen LogP contribution in [0.3, 0.4) is 0 Å². The van der Waals surface area contributed by atoms with E-state index in [9.17, 15) is 4.79 Å². The summed E-state index contributed by atoms with van der Waals surface area (Å²) in [7, 11) is 1.71. The van der Waals surface area contributed by atoms with E-state index in [0.717, 1.165) is 5.52 Å². The first kappa shape index (κ1) is 10.9. The smallest absolute Gasteiger partial charge is 0.260 e. The molecule has 3 nitrogen and oxygen atoms in total. The summed E-state index contributed by atoms with van der Waals surface area (Å²) < 4.78 is 1.50. The minimum atomic E-state index is 0.00505. The van der Waals surface area contributed by atoms with Gasteiger partial charge in [0.05, 0.1) is 17.2 Å². The summed E-state index contributed by atoms with van der Waals surface area (Å²) in [4.78, 5) is 16.1. The number of aryl methyl sites for hydroxylation is 1. The number of nitrogens with zero attached hydrogens (tertiary/aromatic N) is 2. The van der Waals surface area contributed by atoms with Crippen LogP contribution in [0.1, 0.15) is 26.3 Å². The van der Waals surface area contributed by atoms with Gasteiger partial charge in [-0.1, -0.05) is 26.8 Å². The van der Waals surface area contributed by atoms with Crippen molar-refractivity contribution in [2.24, 2.45) is 7.05 Å². The van der Waals surface area contributed by atoms with Crippen LogP contribution in [0.25, 0.3) is 10.9 Å². The molecule has 0 radical (unpaired) electrons. The van der Waals surface area contributed by atoms with Gasteiger partial charge in [-0.15, -0.1) is 0 Å². The van der Waals surface area contributed by atoms with Gasteiger partial charge in [-0.2, -0.15) is 0 Å². The van der Waals surface area contributed by atoms with Crippen LogP contribution >= 0.6 is 0 Å². The van der Waals surface area contributed by atoms with E-state index in [4.69, 9.17) is 0 Å². The molecule has 0 atom stereocenters. The van der Waals surface area contributed by atoms with Crippen molar-refractivity contribution >= 4 is 10.9 Å². The molecule has 0 fully saturated rings. The second-order valence-corrected chi connectivity index (χ2v) is 5.14. The van der Waals surface area contributed by atoms with Crippen molar-refractivity contribution < 1.29 is 0 Å². The molecule has 1 aromatic heterocycles.